The molecular weight excluding hydrogens is 374 g/mol. The minimum Gasteiger partial charge on any atom is -0.354 e. The topological polar surface area (TPSA) is 52.6 Å². The zero-order valence-electron chi connectivity index (χ0n) is 16.6. The fourth-order valence-corrected chi connectivity index (χ4v) is 5.02. The third-order valence-electron chi connectivity index (χ3n) is 5.16. The first-order valence-electron chi connectivity index (χ1n) is 9.84. The Morgan fingerprint density at radius 3 is 2.78 bits per heavy atom. The van der Waals surface area contributed by atoms with E-state index in [-0.39, 0.29) is 0 Å². The van der Waals surface area contributed by atoms with Crippen LogP contribution in [-0.2, 0) is 13.0 Å². The van der Waals surface area contributed by atoms with E-state index in [1.807, 2.05) is 18.4 Å². The fraction of sp³-hybridized carbons (Fsp3) is 0.600. The van der Waals surface area contributed by atoms with Crippen molar-refractivity contribution in [3.63, 3.8) is 0 Å². The third kappa shape index (κ3) is 5.77. The monoisotopic (exact) mass is 405 g/mol. The van der Waals surface area contributed by atoms with Crippen LogP contribution in [0.4, 0.5) is 0 Å². The molecule has 7 heteroatoms. The number of thiophene rings is 1. The van der Waals surface area contributed by atoms with E-state index in [0.29, 0.717) is 12.6 Å². The lowest BCUT2D eigenvalue weighted by atomic mass is 9.97. The Bertz CT molecular complexity index is 702. The van der Waals surface area contributed by atoms with Crippen LogP contribution in [0.3, 0.4) is 0 Å². The molecule has 0 bridgehead atoms. The molecule has 1 fully saturated rings. The summed E-state index contributed by atoms with van der Waals surface area (Å²) < 4.78 is 0. The van der Waals surface area contributed by atoms with Crippen molar-refractivity contribution in [3.05, 3.63) is 38.5 Å². The summed E-state index contributed by atoms with van der Waals surface area (Å²) in [5, 5.41) is 12.4. The molecule has 0 radical (unpaired) electrons. The van der Waals surface area contributed by atoms with Gasteiger partial charge in [-0.25, -0.2) is 4.98 Å². The molecule has 1 aliphatic heterocycles. The van der Waals surface area contributed by atoms with Crippen LogP contribution in [-0.4, -0.2) is 42.5 Å². The van der Waals surface area contributed by atoms with Gasteiger partial charge in [-0.15, -0.1) is 22.7 Å². The number of aryl methyl sites for hydroxylation is 1. The van der Waals surface area contributed by atoms with E-state index in [0.717, 1.165) is 30.5 Å². The zero-order valence-corrected chi connectivity index (χ0v) is 18.2. The Hall–Kier alpha value is -1.44. The predicted octanol–water partition coefficient (Wildman–Crippen LogP) is 3.91. The van der Waals surface area contributed by atoms with Gasteiger partial charge in [-0.05, 0) is 49.7 Å². The highest BCUT2D eigenvalue weighted by Crippen LogP contribution is 2.29. The molecule has 0 amide bonds. The zero-order chi connectivity index (χ0) is 19.1. The average molecular weight is 406 g/mol. The van der Waals surface area contributed by atoms with Gasteiger partial charge in [-0.1, -0.05) is 19.9 Å². The second-order valence-corrected chi connectivity index (χ2v) is 9.06. The molecule has 2 aromatic heterocycles. The third-order valence-corrected chi connectivity index (χ3v) is 7.17. The van der Waals surface area contributed by atoms with Crippen LogP contribution in [0, 0.1) is 5.92 Å². The molecule has 1 saturated heterocycles. The van der Waals surface area contributed by atoms with Crippen molar-refractivity contribution < 1.29 is 0 Å². The van der Waals surface area contributed by atoms with Crippen LogP contribution >= 0.6 is 22.7 Å². The van der Waals surface area contributed by atoms with E-state index >= 15 is 0 Å². The number of likely N-dealkylation sites (tertiary alicyclic amines) is 1. The van der Waals surface area contributed by atoms with E-state index in [1.54, 1.807) is 11.3 Å². The SMILES string of the molecule is CCc1nc(CNC(=NC)NCC(c2cccs2)N2CCC(C)CC2)cs1. The largest absolute Gasteiger partial charge is 0.354 e. The highest BCUT2D eigenvalue weighted by Gasteiger charge is 2.25. The van der Waals surface area contributed by atoms with Gasteiger partial charge >= 0.3 is 0 Å². The van der Waals surface area contributed by atoms with E-state index in [2.05, 4.69) is 62.3 Å². The lowest BCUT2D eigenvalue weighted by Crippen LogP contribution is -2.44. The summed E-state index contributed by atoms with van der Waals surface area (Å²) in [7, 11) is 1.83. The minimum absolute atomic E-state index is 0.405. The fourth-order valence-electron chi connectivity index (χ4n) is 3.41. The highest BCUT2D eigenvalue weighted by atomic mass is 32.1. The molecule has 0 aromatic carbocycles. The molecule has 0 aliphatic carbocycles. The molecule has 3 rings (SSSR count). The van der Waals surface area contributed by atoms with Crippen LogP contribution in [0.1, 0.15) is 48.3 Å². The van der Waals surface area contributed by atoms with E-state index < -0.39 is 0 Å². The van der Waals surface area contributed by atoms with Crippen LogP contribution < -0.4 is 10.6 Å². The molecule has 2 N–H and O–H groups in total. The normalized spacial score (nSPS) is 17.8. The molecule has 1 aliphatic rings. The van der Waals surface area contributed by atoms with Gasteiger partial charge < -0.3 is 10.6 Å². The van der Waals surface area contributed by atoms with Crippen molar-refractivity contribution in [2.45, 2.75) is 45.7 Å². The summed E-state index contributed by atoms with van der Waals surface area (Å²) >= 11 is 3.58. The Balaban J connectivity index is 1.56. The van der Waals surface area contributed by atoms with Crippen LogP contribution in [0.25, 0.3) is 0 Å². The average Bonchev–Trinajstić information content (AvgIpc) is 3.37. The number of aliphatic imine (C=N–C) groups is 1. The van der Waals surface area contributed by atoms with Crippen molar-refractivity contribution >= 4 is 28.6 Å². The van der Waals surface area contributed by atoms with Crippen LogP contribution in [0.5, 0.6) is 0 Å². The standard InChI is InChI=1S/C20H31N5S2/c1-4-19-24-16(14-27-19)12-22-20(21-3)23-13-17(18-6-5-11-26-18)25-9-7-15(2)8-10-25/h5-6,11,14-15,17H,4,7-10,12-13H2,1-3H3,(H2,21,22,23). The molecular formula is C20H31N5S2. The maximum absolute atomic E-state index is 4.62. The van der Waals surface area contributed by atoms with Gasteiger partial charge in [0.2, 0.25) is 0 Å². The van der Waals surface area contributed by atoms with Crippen molar-refractivity contribution in [1.29, 1.82) is 0 Å². The summed E-state index contributed by atoms with van der Waals surface area (Å²) in [6, 6.07) is 4.81. The Kier molecular flexibility index (Phi) is 7.67. The summed E-state index contributed by atoms with van der Waals surface area (Å²) in [5.41, 5.74) is 1.08. The number of rotatable bonds is 7. The van der Waals surface area contributed by atoms with E-state index in [4.69, 9.17) is 0 Å². The number of thiazole rings is 1. The highest BCUT2D eigenvalue weighted by molar-refractivity contribution is 7.10. The van der Waals surface area contributed by atoms with Gasteiger partial charge in [0, 0.05) is 23.8 Å². The summed E-state index contributed by atoms with van der Waals surface area (Å²) in [6.45, 7) is 8.44. The second kappa shape index (κ2) is 10.2. The quantitative estimate of drug-likeness (QED) is 0.542. The maximum atomic E-state index is 4.62. The minimum atomic E-state index is 0.405. The number of piperidine rings is 1. The van der Waals surface area contributed by atoms with E-state index in [1.165, 1.54) is 35.8 Å². The number of guanidine groups is 1. The number of hydrogen-bond donors (Lipinski definition) is 2. The molecule has 27 heavy (non-hydrogen) atoms. The number of nitrogens with zero attached hydrogens (tertiary/aromatic N) is 3. The summed E-state index contributed by atoms with van der Waals surface area (Å²) in [6.07, 6.45) is 3.57. The lowest BCUT2D eigenvalue weighted by Gasteiger charge is -2.36. The smallest absolute Gasteiger partial charge is 0.191 e. The molecule has 2 aromatic rings. The number of nitrogens with one attached hydrogen (secondary N) is 2. The first-order chi connectivity index (χ1) is 13.2. The van der Waals surface area contributed by atoms with Gasteiger partial charge in [0.15, 0.2) is 5.96 Å². The van der Waals surface area contributed by atoms with Gasteiger partial charge in [0.25, 0.3) is 0 Å². The van der Waals surface area contributed by atoms with Crippen LogP contribution in [0.15, 0.2) is 27.9 Å². The molecule has 0 spiro atoms. The Morgan fingerprint density at radius 1 is 1.33 bits per heavy atom. The van der Waals surface area contributed by atoms with Crippen molar-refractivity contribution in [2.24, 2.45) is 10.9 Å². The first-order valence-corrected chi connectivity index (χ1v) is 11.6. The van der Waals surface area contributed by atoms with Gasteiger partial charge in [0.1, 0.15) is 0 Å². The molecule has 0 saturated carbocycles. The molecule has 148 valence electrons. The summed E-state index contributed by atoms with van der Waals surface area (Å²) in [5.74, 6) is 1.69. The second-order valence-electron chi connectivity index (χ2n) is 7.14. The molecule has 5 nitrogen and oxygen atoms in total. The van der Waals surface area contributed by atoms with E-state index in [9.17, 15) is 0 Å². The molecule has 1 unspecified atom stereocenters. The van der Waals surface area contributed by atoms with Crippen molar-refractivity contribution in [1.82, 2.24) is 20.5 Å². The summed E-state index contributed by atoms with van der Waals surface area (Å²) in [4.78, 5) is 13.1. The lowest BCUT2D eigenvalue weighted by molar-refractivity contribution is 0.140. The number of hydrogen-bond acceptors (Lipinski definition) is 5. The Labute approximate surface area is 170 Å². The van der Waals surface area contributed by atoms with Crippen LogP contribution in [0.2, 0.25) is 0 Å². The maximum Gasteiger partial charge on any atom is 0.191 e. The van der Waals surface area contributed by atoms with Gasteiger partial charge in [0.05, 0.1) is 23.3 Å². The predicted molar refractivity (Wildman–Crippen MR) is 117 cm³/mol. The number of aromatic nitrogens is 1. The Morgan fingerprint density at radius 2 is 2.15 bits per heavy atom. The molecule has 1 atom stereocenters. The van der Waals surface area contributed by atoms with Gasteiger partial charge in [-0.3, -0.25) is 9.89 Å². The van der Waals surface area contributed by atoms with Gasteiger partial charge in [-0.2, -0.15) is 0 Å². The van der Waals surface area contributed by atoms with Crippen molar-refractivity contribution in [3.8, 4) is 0 Å². The first kappa shape index (κ1) is 20.3. The molecule has 3 heterocycles. The van der Waals surface area contributed by atoms with Crippen molar-refractivity contribution in [2.75, 3.05) is 26.7 Å².